The van der Waals surface area contributed by atoms with Crippen LogP contribution in [0.3, 0.4) is 0 Å². The molecule has 0 atom stereocenters. The number of halogens is 1. The van der Waals surface area contributed by atoms with Gasteiger partial charge in [0.25, 0.3) is 0 Å². The number of rotatable bonds is 4. The van der Waals surface area contributed by atoms with Gasteiger partial charge in [0.1, 0.15) is 0 Å². The van der Waals surface area contributed by atoms with E-state index in [2.05, 4.69) is 10.4 Å². The van der Waals surface area contributed by atoms with Gasteiger partial charge in [0.15, 0.2) is 0 Å². The van der Waals surface area contributed by atoms with Crippen LogP contribution in [0.1, 0.15) is 43.5 Å². The Morgan fingerprint density at radius 1 is 1.33 bits per heavy atom. The van der Waals surface area contributed by atoms with E-state index in [0.717, 1.165) is 23.7 Å². The largest absolute Gasteiger partial charge is 0.319 e. The van der Waals surface area contributed by atoms with Gasteiger partial charge in [0.2, 0.25) is 0 Å². The predicted molar refractivity (Wildman–Crippen MR) is 76.1 cm³/mol. The maximum Gasteiger partial charge on any atom is 0.0847 e. The summed E-state index contributed by atoms with van der Waals surface area (Å²) in [6.07, 6.45) is 7.71. The van der Waals surface area contributed by atoms with Crippen LogP contribution in [0.25, 0.3) is 0 Å². The molecule has 1 N–H and O–H groups in total. The van der Waals surface area contributed by atoms with Crippen molar-refractivity contribution in [1.29, 1.82) is 0 Å². The fourth-order valence-corrected chi connectivity index (χ4v) is 3.55. The van der Waals surface area contributed by atoms with Crippen molar-refractivity contribution in [2.75, 3.05) is 13.6 Å². The second kappa shape index (κ2) is 5.62. The third-order valence-corrected chi connectivity index (χ3v) is 4.76. The molecule has 1 fully saturated rings. The summed E-state index contributed by atoms with van der Waals surface area (Å²) >= 11 is 6.39. The lowest BCUT2D eigenvalue weighted by atomic mass is 9.71. The molecule has 0 saturated heterocycles. The normalized spacial score (nSPS) is 19.1. The minimum absolute atomic E-state index is 0.372. The zero-order valence-electron chi connectivity index (χ0n) is 11.7. The molecule has 0 radical (unpaired) electrons. The van der Waals surface area contributed by atoms with E-state index < -0.39 is 0 Å². The van der Waals surface area contributed by atoms with Crippen molar-refractivity contribution in [3.8, 4) is 0 Å². The third kappa shape index (κ3) is 2.72. The van der Waals surface area contributed by atoms with Gasteiger partial charge in [-0.05, 0) is 38.6 Å². The Hall–Kier alpha value is -0.540. The maximum absolute atomic E-state index is 6.39. The van der Waals surface area contributed by atoms with Crippen molar-refractivity contribution in [2.24, 2.45) is 12.5 Å². The summed E-state index contributed by atoms with van der Waals surface area (Å²) in [6, 6.07) is 0. The van der Waals surface area contributed by atoms with Crippen LogP contribution >= 0.6 is 11.6 Å². The molecule has 1 aliphatic rings. The first-order valence-electron chi connectivity index (χ1n) is 6.90. The molecule has 1 aromatic heterocycles. The Kier molecular flexibility index (Phi) is 4.33. The molecule has 0 unspecified atom stereocenters. The SMILES string of the molecule is CNCC1(Cc2c(Cl)c(C)nn2C)CCCCC1. The van der Waals surface area contributed by atoms with Crippen molar-refractivity contribution < 1.29 is 0 Å². The Morgan fingerprint density at radius 3 is 2.50 bits per heavy atom. The molecule has 0 amide bonds. The summed E-state index contributed by atoms with van der Waals surface area (Å²) in [6.45, 7) is 3.06. The van der Waals surface area contributed by atoms with Crippen LogP contribution in [0, 0.1) is 12.3 Å². The molecule has 0 aliphatic heterocycles. The zero-order valence-corrected chi connectivity index (χ0v) is 12.5. The summed E-state index contributed by atoms with van der Waals surface area (Å²) in [5, 5.41) is 8.66. The van der Waals surface area contributed by atoms with Crippen molar-refractivity contribution >= 4 is 11.6 Å². The van der Waals surface area contributed by atoms with Crippen LogP contribution in [0.5, 0.6) is 0 Å². The summed E-state index contributed by atoms with van der Waals surface area (Å²) in [5.41, 5.74) is 2.52. The number of hydrogen-bond donors (Lipinski definition) is 1. The Balaban J connectivity index is 2.22. The van der Waals surface area contributed by atoms with Gasteiger partial charge in [-0.3, -0.25) is 4.68 Å². The lowest BCUT2D eigenvalue weighted by Gasteiger charge is -2.37. The minimum atomic E-state index is 0.372. The minimum Gasteiger partial charge on any atom is -0.319 e. The summed E-state index contributed by atoms with van der Waals surface area (Å²) in [7, 11) is 4.05. The van der Waals surface area contributed by atoms with Gasteiger partial charge in [-0.15, -0.1) is 0 Å². The Morgan fingerprint density at radius 2 is 2.00 bits per heavy atom. The van der Waals surface area contributed by atoms with Crippen molar-refractivity contribution in [3.63, 3.8) is 0 Å². The molecule has 4 heteroatoms. The van der Waals surface area contributed by atoms with E-state index in [0.29, 0.717) is 5.41 Å². The third-order valence-electron chi connectivity index (χ3n) is 4.27. The summed E-state index contributed by atoms with van der Waals surface area (Å²) in [4.78, 5) is 0. The lowest BCUT2D eigenvalue weighted by molar-refractivity contribution is 0.181. The highest BCUT2D eigenvalue weighted by atomic mass is 35.5. The topological polar surface area (TPSA) is 29.9 Å². The monoisotopic (exact) mass is 269 g/mol. The predicted octanol–water partition coefficient (Wildman–Crippen LogP) is 3.09. The molecule has 0 aromatic carbocycles. The second-order valence-corrected chi connectivity index (χ2v) is 6.12. The Bertz CT molecular complexity index is 400. The van der Waals surface area contributed by atoms with Gasteiger partial charge >= 0.3 is 0 Å². The average molecular weight is 270 g/mol. The first kappa shape index (κ1) is 13.9. The van der Waals surface area contributed by atoms with Crippen LogP contribution in [-0.2, 0) is 13.5 Å². The number of hydrogen-bond acceptors (Lipinski definition) is 2. The van der Waals surface area contributed by atoms with E-state index in [1.54, 1.807) is 0 Å². The van der Waals surface area contributed by atoms with Crippen molar-refractivity contribution in [1.82, 2.24) is 15.1 Å². The summed E-state index contributed by atoms with van der Waals surface area (Å²) < 4.78 is 1.96. The first-order chi connectivity index (χ1) is 8.58. The number of nitrogens with zero attached hydrogens (tertiary/aromatic N) is 2. The molecule has 1 heterocycles. The average Bonchev–Trinajstić information content (AvgIpc) is 2.58. The van der Waals surface area contributed by atoms with E-state index in [-0.39, 0.29) is 0 Å². The molecule has 1 aliphatic carbocycles. The molecule has 2 rings (SSSR count). The maximum atomic E-state index is 6.39. The molecule has 1 saturated carbocycles. The van der Waals surface area contributed by atoms with Gasteiger partial charge < -0.3 is 5.32 Å². The van der Waals surface area contributed by atoms with Gasteiger partial charge in [0.05, 0.1) is 16.4 Å². The number of nitrogens with one attached hydrogen (secondary N) is 1. The highest BCUT2D eigenvalue weighted by Crippen LogP contribution is 2.40. The molecule has 0 spiro atoms. The molecule has 3 nitrogen and oxygen atoms in total. The first-order valence-corrected chi connectivity index (χ1v) is 7.28. The fraction of sp³-hybridized carbons (Fsp3) is 0.786. The number of aryl methyl sites for hydroxylation is 2. The highest BCUT2D eigenvalue weighted by molar-refractivity contribution is 6.31. The standard InChI is InChI=1S/C14H24ClN3/c1-11-13(15)12(18(3)17-11)9-14(10-16-2)7-5-4-6-8-14/h16H,4-10H2,1-3H3. The van der Waals surface area contributed by atoms with Gasteiger partial charge in [0, 0.05) is 13.6 Å². The van der Waals surface area contributed by atoms with Crippen LogP contribution < -0.4 is 5.32 Å². The van der Waals surface area contributed by atoms with Crippen molar-refractivity contribution in [3.05, 3.63) is 16.4 Å². The number of aromatic nitrogens is 2. The quantitative estimate of drug-likeness (QED) is 0.910. The van der Waals surface area contributed by atoms with Crippen LogP contribution in [0.2, 0.25) is 5.02 Å². The molecule has 102 valence electrons. The highest BCUT2D eigenvalue weighted by Gasteiger charge is 2.33. The van der Waals surface area contributed by atoms with E-state index in [1.807, 2.05) is 25.7 Å². The fourth-order valence-electron chi connectivity index (χ4n) is 3.32. The lowest BCUT2D eigenvalue weighted by Crippen LogP contribution is -2.37. The molecule has 18 heavy (non-hydrogen) atoms. The van der Waals surface area contributed by atoms with Crippen molar-refractivity contribution in [2.45, 2.75) is 45.4 Å². The van der Waals surface area contributed by atoms with Gasteiger partial charge in [-0.2, -0.15) is 5.10 Å². The van der Waals surface area contributed by atoms with Crippen LogP contribution in [0.4, 0.5) is 0 Å². The van der Waals surface area contributed by atoms with E-state index >= 15 is 0 Å². The van der Waals surface area contributed by atoms with E-state index in [9.17, 15) is 0 Å². The van der Waals surface area contributed by atoms with E-state index in [4.69, 9.17) is 11.6 Å². The van der Waals surface area contributed by atoms with Crippen LogP contribution in [0.15, 0.2) is 0 Å². The molecular weight excluding hydrogens is 246 g/mol. The second-order valence-electron chi connectivity index (χ2n) is 5.74. The zero-order chi connectivity index (χ0) is 13.2. The summed E-state index contributed by atoms with van der Waals surface area (Å²) in [5.74, 6) is 0. The van der Waals surface area contributed by atoms with Gasteiger partial charge in [-0.1, -0.05) is 30.9 Å². The van der Waals surface area contributed by atoms with E-state index in [1.165, 1.54) is 37.8 Å². The smallest absolute Gasteiger partial charge is 0.0847 e. The Labute approximate surface area is 115 Å². The molecular formula is C14H24ClN3. The molecule has 1 aromatic rings. The molecule has 0 bridgehead atoms. The van der Waals surface area contributed by atoms with Gasteiger partial charge in [-0.25, -0.2) is 0 Å². The van der Waals surface area contributed by atoms with Crippen LogP contribution in [-0.4, -0.2) is 23.4 Å².